The Labute approximate surface area is 192 Å². The number of hydrogen-bond donors (Lipinski definition) is 1. The van der Waals surface area contributed by atoms with Crippen LogP contribution in [0.4, 0.5) is 0 Å². The topological polar surface area (TPSA) is 136 Å². The Morgan fingerprint density at radius 1 is 0.812 bits per heavy atom. The van der Waals surface area contributed by atoms with Gasteiger partial charge in [0.05, 0.1) is 19.6 Å². The fourth-order valence-electron chi connectivity index (χ4n) is 2.32. The van der Waals surface area contributed by atoms with Gasteiger partial charge < -0.3 is 32.7 Å². The molecule has 1 atom stereocenters. The third-order valence-electron chi connectivity index (χ3n) is 3.24. The number of ether oxygens (including phenoxy) is 4. The molecule has 0 spiro atoms. The number of carbonyl (C=O) groups excluding carboxylic acids is 3. The van der Waals surface area contributed by atoms with Crippen LogP contribution in [0.1, 0.15) is 6.42 Å². The van der Waals surface area contributed by atoms with Crippen LogP contribution in [0.3, 0.4) is 0 Å². The van der Waals surface area contributed by atoms with Crippen LogP contribution >= 0.6 is 7.60 Å². The van der Waals surface area contributed by atoms with Gasteiger partial charge in [-0.15, -0.1) is 0 Å². The summed E-state index contributed by atoms with van der Waals surface area (Å²) in [6.07, 6.45) is -1.04. The summed E-state index contributed by atoms with van der Waals surface area (Å²) in [7, 11) is -5.54. The van der Waals surface area contributed by atoms with E-state index in [0.29, 0.717) is 0 Å². The summed E-state index contributed by atoms with van der Waals surface area (Å²) in [6.45, 7) is 11.3. The predicted molar refractivity (Wildman–Crippen MR) is 124 cm³/mol. The van der Waals surface area contributed by atoms with Crippen molar-refractivity contribution in [1.82, 2.24) is 5.32 Å². The molecule has 1 N–H and O–H groups in total. The molecule has 0 aliphatic heterocycles. The highest BCUT2D eigenvalue weighted by atomic mass is 31.2. The summed E-state index contributed by atoms with van der Waals surface area (Å²) >= 11 is 0. The van der Waals surface area contributed by atoms with Crippen LogP contribution in [-0.2, 0) is 46.3 Å². The van der Waals surface area contributed by atoms with Gasteiger partial charge in [-0.2, -0.15) is 0 Å². The molecule has 1 amide bonds. The number of hydrogen-bond acceptors (Lipinski definition) is 10. The highest BCUT2D eigenvalue weighted by Crippen LogP contribution is 2.52. The Morgan fingerprint density at radius 3 is 1.72 bits per heavy atom. The van der Waals surface area contributed by atoms with E-state index in [4.69, 9.17) is 27.4 Å². The fraction of sp³-hybridized carbons (Fsp3) is 0.833. The fourth-order valence-corrected chi connectivity index (χ4v) is 10.4. The molecule has 0 saturated heterocycles. The van der Waals surface area contributed by atoms with Crippen molar-refractivity contribution < 1.29 is 46.3 Å². The van der Waals surface area contributed by atoms with Gasteiger partial charge in [0.1, 0.15) is 25.4 Å². The molecule has 0 heterocycles. The molecule has 0 aliphatic carbocycles. The average Bonchev–Trinajstić information content (AvgIpc) is 2.57. The Bertz CT molecular complexity index is 643. The maximum atomic E-state index is 13.3. The van der Waals surface area contributed by atoms with Crippen molar-refractivity contribution in [2.24, 2.45) is 0 Å². The van der Waals surface area contributed by atoms with E-state index >= 15 is 0 Å². The molecule has 188 valence electrons. The minimum atomic E-state index is -3.78. The predicted octanol–water partition coefficient (Wildman–Crippen LogP) is 2.14. The van der Waals surface area contributed by atoms with Gasteiger partial charge in [-0.25, -0.2) is 4.79 Å². The zero-order valence-corrected chi connectivity index (χ0v) is 23.2. The minimum absolute atomic E-state index is 0.00196. The normalized spacial score (nSPS) is 13.4. The number of esters is 2. The van der Waals surface area contributed by atoms with Gasteiger partial charge in [-0.05, 0) is 39.3 Å². The second kappa shape index (κ2) is 14.2. The molecule has 0 saturated carbocycles. The lowest BCUT2D eigenvalue weighted by Crippen LogP contribution is -2.45. The third-order valence-corrected chi connectivity index (χ3v) is 10.5. The molecule has 0 bridgehead atoms. The van der Waals surface area contributed by atoms with Gasteiger partial charge in [-0.1, -0.05) is 0 Å². The van der Waals surface area contributed by atoms with Crippen molar-refractivity contribution in [2.45, 2.75) is 51.7 Å². The van der Waals surface area contributed by atoms with E-state index in [2.05, 4.69) is 5.32 Å². The lowest BCUT2D eigenvalue weighted by Gasteiger charge is -2.31. The molecule has 14 heteroatoms. The first-order chi connectivity index (χ1) is 14.6. The molecule has 0 fully saturated rings. The number of amides is 1. The molecule has 0 aromatic rings. The summed E-state index contributed by atoms with van der Waals surface area (Å²) in [5.74, 6) is -2.33. The van der Waals surface area contributed by atoms with Gasteiger partial charge in [-0.3, -0.25) is 14.2 Å². The van der Waals surface area contributed by atoms with E-state index in [1.54, 1.807) is 0 Å². The number of methoxy groups -OCH3 is 2. The number of nitrogens with one attached hydrogen (secondary N) is 1. The molecular weight excluding hydrogens is 477 g/mol. The highest BCUT2D eigenvalue weighted by molar-refractivity contribution is 7.58. The Morgan fingerprint density at radius 2 is 1.28 bits per heavy atom. The van der Waals surface area contributed by atoms with E-state index in [1.807, 2.05) is 39.3 Å². The van der Waals surface area contributed by atoms with Crippen molar-refractivity contribution in [3.05, 3.63) is 0 Å². The quantitative estimate of drug-likeness (QED) is 0.141. The van der Waals surface area contributed by atoms with E-state index in [1.165, 1.54) is 14.2 Å². The molecule has 0 aromatic carbocycles. The van der Waals surface area contributed by atoms with Crippen LogP contribution in [0.2, 0.25) is 39.3 Å². The van der Waals surface area contributed by atoms with Crippen LogP contribution in [0.25, 0.3) is 0 Å². The van der Waals surface area contributed by atoms with Crippen LogP contribution in [0, 0.1) is 0 Å². The largest absolute Gasteiger partial charge is 0.463 e. The van der Waals surface area contributed by atoms with Crippen LogP contribution < -0.4 is 5.32 Å². The Hall–Kier alpha value is -1.09. The molecular formula is C18H38NO10PSi2. The van der Waals surface area contributed by atoms with E-state index < -0.39 is 60.7 Å². The first kappa shape index (κ1) is 30.9. The lowest BCUT2D eigenvalue weighted by atomic mass is 10.2. The second-order valence-electron chi connectivity index (χ2n) is 8.87. The van der Waals surface area contributed by atoms with E-state index in [0.717, 1.165) is 0 Å². The maximum absolute atomic E-state index is 13.3. The highest BCUT2D eigenvalue weighted by Gasteiger charge is 2.39. The van der Waals surface area contributed by atoms with Gasteiger partial charge in [0.15, 0.2) is 16.6 Å². The summed E-state index contributed by atoms with van der Waals surface area (Å²) < 4.78 is 44.5. The van der Waals surface area contributed by atoms with Gasteiger partial charge in [0.2, 0.25) is 5.91 Å². The standard InChI is InChI=1S/C18H38NO10PSi2/c1-24-9-11-26-17(21)13-15(18(22)27-12-10-25-2)19-16(20)14-30(23,28-31(3,4)5)29-32(6,7)8/h15H,9-14H2,1-8H3,(H,19,20)/t15-/m0/s1. The van der Waals surface area contributed by atoms with Gasteiger partial charge in [0.25, 0.3) is 0 Å². The number of rotatable bonds is 16. The average molecular weight is 516 g/mol. The number of carbonyl (C=O) groups is 3. The minimum Gasteiger partial charge on any atom is -0.463 e. The van der Waals surface area contributed by atoms with Crippen molar-refractivity contribution >= 4 is 42.1 Å². The van der Waals surface area contributed by atoms with Gasteiger partial charge >= 0.3 is 19.5 Å². The van der Waals surface area contributed by atoms with Gasteiger partial charge in [0, 0.05) is 14.2 Å². The first-order valence-corrected chi connectivity index (χ1v) is 18.8. The first-order valence-electron chi connectivity index (χ1n) is 10.2. The van der Waals surface area contributed by atoms with Crippen LogP contribution in [-0.4, -0.2) is 87.3 Å². The van der Waals surface area contributed by atoms with Crippen molar-refractivity contribution in [3.8, 4) is 0 Å². The third kappa shape index (κ3) is 15.7. The molecule has 0 radical (unpaired) electrons. The molecule has 0 unspecified atom stereocenters. The molecule has 0 aromatic heterocycles. The SMILES string of the molecule is COCCOC(=O)C[C@H](NC(=O)CP(=O)(O[Si](C)(C)C)O[Si](C)(C)C)C(=O)OCCOC. The van der Waals surface area contributed by atoms with Crippen molar-refractivity contribution in [1.29, 1.82) is 0 Å². The van der Waals surface area contributed by atoms with Crippen LogP contribution in [0.15, 0.2) is 0 Å². The van der Waals surface area contributed by atoms with E-state index in [9.17, 15) is 18.9 Å². The maximum Gasteiger partial charge on any atom is 0.329 e. The second-order valence-corrected chi connectivity index (χ2v) is 20.3. The monoisotopic (exact) mass is 515 g/mol. The molecule has 0 rings (SSSR count). The molecule has 0 aliphatic rings. The lowest BCUT2D eigenvalue weighted by molar-refractivity contribution is -0.154. The smallest absolute Gasteiger partial charge is 0.329 e. The molecule has 32 heavy (non-hydrogen) atoms. The van der Waals surface area contributed by atoms with Crippen molar-refractivity contribution in [2.75, 3.05) is 46.8 Å². The summed E-state index contributed by atoms with van der Waals surface area (Å²) in [5, 5.41) is 2.40. The molecule has 11 nitrogen and oxygen atoms in total. The van der Waals surface area contributed by atoms with Crippen LogP contribution in [0.5, 0.6) is 0 Å². The zero-order valence-electron chi connectivity index (χ0n) is 20.3. The Kier molecular flexibility index (Phi) is 13.8. The van der Waals surface area contributed by atoms with E-state index in [-0.39, 0.29) is 26.4 Å². The Balaban J connectivity index is 5.37. The summed E-state index contributed by atoms with van der Waals surface area (Å²) in [6, 6.07) is -1.33. The zero-order chi connectivity index (χ0) is 25.0. The van der Waals surface area contributed by atoms with Crippen molar-refractivity contribution in [3.63, 3.8) is 0 Å². The summed E-state index contributed by atoms with van der Waals surface area (Å²) in [5.41, 5.74) is 0. The summed E-state index contributed by atoms with van der Waals surface area (Å²) in [4.78, 5) is 37.1.